The Morgan fingerprint density at radius 1 is 1.37 bits per heavy atom. The van der Waals surface area contributed by atoms with Gasteiger partial charge < -0.3 is 0 Å². The van der Waals surface area contributed by atoms with Crippen LogP contribution >= 0.6 is 11.6 Å². The van der Waals surface area contributed by atoms with E-state index in [1.54, 1.807) is 4.68 Å². The van der Waals surface area contributed by atoms with E-state index in [2.05, 4.69) is 23.3 Å². The first-order valence-electron chi connectivity index (χ1n) is 6.35. The third kappa shape index (κ3) is 3.12. The minimum absolute atomic E-state index is 0.346. The molecule has 0 saturated carbocycles. The van der Waals surface area contributed by atoms with Crippen LogP contribution in [0.1, 0.15) is 31.9 Å². The third-order valence-electron chi connectivity index (χ3n) is 2.91. The Bertz CT molecular complexity index is 598. The largest absolute Gasteiger partial charge is 0.243 e. The maximum absolute atomic E-state index is 9.14. The standard InChI is InChI=1S/C14H15ClN4/c1-2-3-4-8-19-14(13(10-16)17-18-19)11-6-5-7-12(15)9-11/h5-7,9H,2-4,8H2,1H3. The maximum Gasteiger partial charge on any atom is 0.190 e. The van der Waals surface area contributed by atoms with E-state index in [0.717, 1.165) is 37.1 Å². The number of halogens is 1. The summed E-state index contributed by atoms with van der Waals surface area (Å²) < 4.78 is 1.79. The van der Waals surface area contributed by atoms with Gasteiger partial charge >= 0.3 is 0 Å². The number of hydrogen-bond donors (Lipinski definition) is 0. The summed E-state index contributed by atoms with van der Waals surface area (Å²) in [7, 11) is 0. The lowest BCUT2D eigenvalue weighted by molar-refractivity contribution is 0.541. The molecule has 1 heterocycles. The minimum atomic E-state index is 0.346. The highest BCUT2D eigenvalue weighted by Crippen LogP contribution is 2.25. The predicted octanol–water partition coefficient (Wildman–Crippen LogP) is 3.66. The molecule has 0 radical (unpaired) electrons. The van der Waals surface area contributed by atoms with Crippen molar-refractivity contribution in [2.24, 2.45) is 0 Å². The molecule has 98 valence electrons. The number of benzene rings is 1. The molecule has 0 amide bonds. The Hall–Kier alpha value is -1.86. The lowest BCUT2D eigenvalue weighted by Crippen LogP contribution is -2.03. The monoisotopic (exact) mass is 274 g/mol. The molecule has 0 aliphatic heterocycles. The fraction of sp³-hybridized carbons (Fsp3) is 0.357. The predicted molar refractivity (Wildman–Crippen MR) is 74.7 cm³/mol. The number of aromatic nitrogens is 3. The fourth-order valence-electron chi connectivity index (χ4n) is 1.98. The third-order valence-corrected chi connectivity index (χ3v) is 3.15. The molecule has 1 aromatic heterocycles. The molecule has 2 rings (SSSR count). The van der Waals surface area contributed by atoms with E-state index in [-0.39, 0.29) is 0 Å². The van der Waals surface area contributed by atoms with Gasteiger partial charge in [-0.3, -0.25) is 0 Å². The van der Waals surface area contributed by atoms with Gasteiger partial charge in [0.2, 0.25) is 0 Å². The molecule has 0 fully saturated rings. The van der Waals surface area contributed by atoms with Gasteiger partial charge in [-0.2, -0.15) is 5.26 Å². The van der Waals surface area contributed by atoms with Gasteiger partial charge in [-0.25, -0.2) is 4.68 Å². The summed E-state index contributed by atoms with van der Waals surface area (Å²) in [6, 6.07) is 9.51. The van der Waals surface area contributed by atoms with Crippen LogP contribution in [-0.4, -0.2) is 15.0 Å². The molecule has 0 bridgehead atoms. The molecule has 0 N–H and O–H groups in total. The van der Waals surface area contributed by atoms with Gasteiger partial charge in [0, 0.05) is 17.1 Å². The fourth-order valence-corrected chi connectivity index (χ4v) is 2.17. The summed E-state index contributed by atoms with van der Waals surface area (Å²) in [5.41, 5.74) is 1.98. The Morgan fingerprint density at radius 2 is 2.21 bits per heavy atom. The molecular weight excluding hydrogens is 260 g/mol. The van der Waals surface area contributed by atoms with Crippen LogP contribution in [0, 0.1) is 11.3 Å². The van der Waals surface area contributed by atoms with Crippen molar-refractivity contribution >= 4 is 11.6 Å². The van der Waals surface area contributed by atoms with Crippen LogP contribution in [0.25, 0.3) is 11.3 Å². The van der Waals surface area contributed by atoms with Crippen LogP contribution in [0.2, 0.25) is 5.02 Å². The number of nitriles is 1. The van der Waals surface area contributed by atoms with Crippen LogP contribution < -0.4 is 0 Å². The van der Waals surface area contributed by atoms with Crippen molar-refractivity contribution in [1.82, 2.24) is 15.0 Å². The smallest absolute Gasteiger partial charge is 0.190 e. The van der Waals surface area contributed by atoms with Crippen molar-refractivity contribution in [2.75, 3.05) is 0 Å². The highest BCUT2D eigenvalue weighted by atomic mass is 35.5. The summed E-state index contributed by atoms with van der Waals surface area (Å²) in [6.45, 7) is 2.92. The average Bonchev–Trinajstić information content (AvgIpc) is 2.82. The van der Waals surface area contributed by atoms with Crippen molar-refractivity contribution in [2.45, 2.75) is 32.7 Å². The lowest BCUT2D eigenvalue weighted by Gasteiger charge is -2.06. The topological polar surface area (TPSA) is 54.5 Å². The molecule has 19 heavy (non-hydrogen) atoms. The number of hydrogen-bond acceptors (Lipinski definition) is 3. The zero-order chi connectivity index (χ0) is 13.7. The Labute approximate surface area is 117 Å². The van der Waals surface area contributed by atoms with E-state index in [4.69, 9.17) is 16.9 Å². The first-order chi connectivity index (χ1) is 9.26. The number of unbranched alkanes of at least 4 members (excludes halogenated alkanes) is 2. The van der Waals surface area contributed by atoms with Gasteiger partial charge in [0.1, 0.15) is 11.8 Å². The molecule has 5 heteroatoms. The van der Waals surface area contributed by atoms with Gasteiger partial charge in [-0.1, -0.05) is 48.7 Å². The van der Waals surface area contributed by atoms with E-state index in [1.165, 1.54) is 0 Å². The second-order valence-electron chi connectivity index (χ2n) is 4.34. The van der Waals surface area contributed by atoms with E-state index in [0.29, 0.717) is 10.7 Å². The van der Waals surface area contributed by atoms with E-state index < -0.39 is 0 Å². The Balaban J connectivity index is 2.37. The van der Waals surface area contributed by atoms with Crippen molar-refractivity contribution in [3.05, 3.63) is 35.0 Å². The number of nitrogens with zero attached hydrogens (tertiary/aromatic N) is 4. The summed E-state index contributed by atoms with van der Waals surface area (Å²) in [5, 5.41) is 17.8. The molecule has 0 spiro atoms. The molecule has 0 unspecified atom stereocenters. The zero-order valence-electron chi connectivity index (χ0n) is 10.8. The second kappa shape index (κ2) is 6.35. The quantitative estimate of drug-likeness (QED) is 0.782. The summed E-state index contributed by atoms with van der Waals surface area (Å²) in [6.07, 6.45) is 3.31. The maximum atomic E-state index is 9.14. The lowest BCUT2D eigenvalue weighted by atomic mass is 10.1. The van der Waals surface area contributed by atoms with Crippen LogP contribution in [0.3, 0.4) is 0 Å². The molecule has 2 aromatic rings. The molecular formula is C14H15ClN4. The SMILES string of the molecule is CCCCCn1nnc(C#N)c1-c1cccc(Cl)c1. The number of rotatable bonds is 5. The summed E-state index contributed by atoms with van der Waals surface area (Å²) >= 11 is 6.00. The zero-order valence-corrected chi connectivity index (χ0v) is 11.6. The first-order valence-corrected chi connectivity index (χ1v) is 6.73. The molecule has 0 atom stereocenters. The van der Waals surface area contributed by atoms with Crippen LogP contribution in [-0.2, 0) is 6.54 Å². The second-order valence-corrected chi connectivity index (χ2v) is 4.78. The van der Waals surface area contributed by atoms with Crippen molar-refractivity contribution in [3.63, 3.8) is 0 Å². The highest BCUT2D eigenvalue weighted by Gasteiger charge is 2.14. The van der Waals surface area contributed by atoms with E-state index >= 15 is 0 Å². The van der Waals surface area contributed by atoms with Crippen LogP contribution in [0.4, 0.5) is 0 Å². The van der Waals surface area contributed by atoms with Crippen LogP contribution in [0.15, 0.2) is 24.3 Å². The normalized spacial score (nSPS) is 10.4. The number of aryl methyl sites for hydroxylation is 1. The molecule has 0 aliphatic rings. The van der Waals surface area contributed by atoms with Gasteiger partial charge in [0.15, 0.2) is 5.69 Å². The van der Waals surface area contributed by atoms with E-state index in [1.807, 2.05) is 24.3 Å². The van der Waals surface area contributed by atoms with Crippen molar-refractivity contribution in [3.8, 4) is 17.3 Å². The van der Waals surface area contributed by atoms with Gasteiger partial charge in [-0.15, -0.1) is 5.10 Å². The minimum Gasteiger partial charge on any atom is -0.243 e. The van der Waals surface area contributed by atoms with Gasteiger partial charge in [0.25, 0.3) is 0 Å². The van der Waals surface area contributed by atoms with Gasteiger partial charge in [-0.05, 0) is 18.6 Å². The first kappa shape index (κ1) is 13.6. The average molecular weight is 275 g/mol. The highest BCUT2D eigenvalue weighted by molar-refractivity contribution is 6.30. The Morgan fingerprint density at radius 3 is 2.89 bits per heavy atom. The summed E-state index contributed by atoms with van der Waals surface area (Å²) in [4.78, 5) is 0. The van der Waals surface area contributed by atoms with E-state index in [9.17, 15) is 0 Å². The van der Waals surface area contributed by atoms with Crippen molar-refractivity contribution < 1.29 is 0 Å². The molecule has 0 aliphatic carbocycles. The van der Waals surface area contributed by atoms with Gasteiger partial charge in [0.05, 0.1) is 0 Å². The Kier molecular flexibility index (Phi) is 4.53. The molecule has 0 saturated heterocycles. The molecule has 4 nitrogen and oxygen atoms in total. The summed E-state index contributed by atoms with van der Waals surface area (Å²) in [5.74, 6) is 0. The van der Waals surface area contributed by atoms with Crippen molar-refractivity contribution in [1.29, 1.82) is 5.26 Å². The van der Waals surface area contributed by atoms with Crippen LogP contribution in [0.5, 0.6) is 0 Å². The molecule has 1 aromatic carbocycles.